The highest BCUT2D eigenvalue weighted by molar-refractivity contribution is 6.00. The maximum Gasteiger partial charge on any atom is 0.405 e. The zero-order valence-electron chi connectivity index (χ0n) is 25.7. The van der Waals surface area contributed by atoms with E-state index in [9.17, 15) is 33.6 Å². The van der Waals surface area contributed by atoms with E-state index in [0.717, 1.165) is 10.5 Å². The number of carbonyl (C=O) groups excluding carboxylic acids is 7. The molecule has 3 rings (SSSR count). The molecule has 0 aliphatic carbocycles. The third-order valence-electron chi connectivity index (χ3n) is 6.64. The predicted octanol–water partition coefficient (Wildman–Crippen LogP) is 0.297. The van der Waals surface area contributed by atoms with E-state index in [1.165, 1.54) is 0 Å². The molecule has 0 bridgehead atoms. The molecule has 2 unspecified atom stereocenters. The Morgan fingerprint density at radius 3 is 1.75 bits per heavy atom. The summed E-state index contributed by atoms with van der Waals surface area (Å²) < 4.78 is 14.7. The number of amides is 5. The molecule has 2 atom stereocenters. The number of nitrogens with zero attached hydrogens (tertiary/aromatic N) is 3. The van der Waals surface area contributed by atoms with Gasteiger partial charge in [0.25, 0.3) is 0 Å². The first-order valence-electron chi connectivity index (χ1n) is 14.0. The highest BCUT2D eigenvalue weighted by atomic mass is 16.6. The second-order valence-corrected chi connectivity index (χ2v) is 11.3. The molecule has 2 aliphatic heterocycles. The van der Waals surface area contributed by atoms with Crippen molar-refractivity contribution in [1.82, 2.24) is 20.0 Å². The van der Waals surface area contributed by atoms with Crippen LogP contribution in [0.2, 0.25) is 0 Å². The van der Waals surface area contributed by atoms with Crippen molar-refractivity contribution in [3.63, 3.8) is 0 Å². The van der Waals surface area contributed by atoms with Crippen LogP contribution >= 0.6 is 0 Å². The highest BCUT2D eigenvalue weighted by Gasteiger charge is 2.38. The number of imide groups is 2. The summed E-state index contributed by atoms with van der Waals surface area (Å²) in [4.78, 5) is 86.6. The highest BCUT2D eigenvalue weighted by Crippen LogP contribution is 2.16. The lowest BCUT2D eigenvalue weighted by atomic mass is 10.1. The van der Waals surface area contributed by atoms with Gasteiger partial charge in [-0.3, -0.25) is 43.9 Å². The van der Waals surface area contributed by atoms with Gasteiger partial charge in [0.2, 0.25) is 23.6 Å². The number of ether oxygens (including phenoxy) is 3. The Kier molecular flexibility index (Phi) is 13.4. The molecule has 5 amide bonds. The van der Waals surface area contributed by atoms with Gasteiger partial charge in [-0.15, -0.1) is 0 Å². The van der Waals surface area contributed by atoms with Crippen LogP contribution in [0.5, 0.6) is 0 Å². The minimum atomic E-state index is -0.732. The first-order chi connectivity index (χ1) is 20.6. The summed E-state index contributed by atoms with van der Waals surface area (Å²) in [6, 6.07) is 8.53. The molecule has 2 fully saturated rings. The lowest BCUT2D eigenvalue weighted by Gasteiger charge is -2.41. The van der Waals surface area contributed by atoms with Gasteiger partial charge in [-0.05, 0) is 40.2 Å². The largest absolute Gasteiger partial charge is 0.461 e. The Morgan fingerprint density at radius 1 is 0.818 bits per heavy atom. The number of esters is 2. The molecule has 1 aromatic carbocycles. The summed E-state index contributed by atoms with van der Waals surface area (Å²) in [5, 5.41) is 2.24. The summed E-state index contributed by atoms with van der Waals surface area (Å²) in [5.41, 5.74) is 5.09. The second-order valence-electron chi connectivity index (χ2n) is 11.3. The molecule has 0 radical (unpaired) electrons. The Morgan fingerprint density at radius 2 is 1.30 bits per heavy atom. The number of primary amides is 1. The van der Waals surface area contributed by atoms with Crippen LogP contribution in [-0.2, 0) is 49.6 Å². The topological polar surface area (TPSA) is 195 Å². The van der Waals surface area contributed by atoms with Gasteiger partial charge in [0.15, 0.2) is 6.73 Å². The average Bonchev–Trinajstić information content (AvgIpc) is 2.92. The van der Waals surface area contributed by atoms with Crippen molar-refractivity contribution in [2.24, 2.45) is 5.73 Å². The Bertz CT molecular complexity index is 1180. The van der Waals surface area contributed by atoms with Crippen LogP contribution < -0.4 is 11.1 Å². The molecular formula is C29H41N5O10. The minimum absolute atomic E-state index is 0.0505. The number of rotatable bonds is 10. The fraction of sp³-hybridized carbons (Fsp3) is 0.552. The minimum Gasteiger partial charge on any atom is -0.461 e. The smallest absolute Gasteiger partial charge is 0.405 e. The maximum atomic E-state index is 12.6. The van der Waals surface area contributed by atoms with Crippen molar-refractivity contribution >= 4 is 41.7 Å². The maximum absolute atomic E-state index is 12.6. The second kappa shape index (κ2) is 16.5. The predicted molar refractivity (Wildman–Crippen MR) is 154 cm³/mol. The van der Waals surface area contributed by atoms with Crippen molar-refractivity contribution in [2.45, 2.75) is 71.8 Å². The van der Waals surface area contributed by atoms with Crippen LogP contribution in [0.1, 0.15) is 53.0 Å². The molecule has 2 aliphatic rings. The molecule has 0 aromatic heterocycles. The van der Waals surface area contributed by atoms with Gasteiger partial charge < -0.3 is 19.9 Å². The summed E-state index contributed by atoms with van der Waals surface area (Å²) in [7, 11) is 0. The van der Waals surface area contributed by atoms with Crippen LogP contribution in [0, 0.1) is 0 Å². The molecule has 15 heteroatoms. The fourth-order valence-corrected chi connectivity index (χ4v) is 4.23. The van der Waals surface area contributed by atoms with Crippen molar-refractivity contribution in [3.8, 4) is 0 Å². The van der Waals surface area contributed by atoms with Crippen LogP contribution in [0.25, 0.3) is 0 Å². The van der Waals surface area contributed by atoms with Crippen LogP contribution in [-0.4, -0.2) is 107 Å². The molecule has 2 saturated heterocycles. The molecule has 242 valence electrons. The van der Waals surface area contributed by atoms with E-state index in [4.69, 9.17) is 15.2 Å². The Labute approximate surface area is 255 Å². The third kappa shape index (κ3) is 12.5. The first kappa shape index (κ1) is 35.8. The summed E-state index contributed by atoms with van der Waals surface area (Å²) in [6.45, 7) is 8.41. The number of benzene rings is 1. The SMILES string of the molecule is CC(C(C)N1CC(=O)N(COC(=O)CCC(=O)OCc2ccccc2)C(=O)C1)N1CC(=O)NC(=O)C1.CC(C)(C)OC(N)=O. The van der Waals surface area contributed by atoms with Crippen molar-refractivity contribution in [2.75, 3.05) is 32.9 Å². The van der Waals surface area contributed by atoms with Gasteiger partial charge in [-0.25, -0.2) is 9.69 Å². The Hall–Kier alpha value is -4.37. The average molecular weight is 620 g/mol. The number of nitrogens with two attached hydrogens (primary N) is 1. The van der Waals surface area contributed by atoms with Crippen LogP contribution in [0.15, 0.2) is 30.3 Å². The molecule has 3 N–H and O–H groups in total. The lowest BCUT2D eigenvalue weighted by Crippen LogP contribution is -2.62. The van der Waals surface area contributed by atoms with Crippen LogP contribution in [0.4, 0.5) is 4.79 Å². The number of hydrogen-bond donors (Lipinski definition) is 2. The van der Waals surface area contributed by atoms with E-state index in [0.29, 0.717) is 0 Å². The summed E-state index contributed by atoms with van der Waals surface area (Å²) in [6.07, 6.45) is -1.15. The molecule has 2 heterocycles. The van der Waals surface area contributed by atoms with Crippen molar-refractivity contribution in [1.29, 1.82) is 0 Å². The Balaban J connectivity index is 0.000000742. The van der Waals surface area contributed by atoms with Gasteiger partial charge in [0, 0.05) is 12.1 Å². The van der Waals surface area contributed by atoms with Gasteiger partial charge in [0.05, 0.1) is 39.0 Å². The van der Waals surface area contributed by atoms with Crippen molar-refractivity contribution in [3.05, 3.63) is 35.9 Å². The van der Waals surface area contributed by atoms with E-state index in [-0.39, 0.29) is 57.7 Å². The standard InChI is InChI=1S/C24H30N4O8.C5H11NO2/c1-16(26-10-19(29)25-20(30)11-26)17(2)27-12-21(31)28(22(32)13-27)15-36-24(34)9-8-23(33)35-14-18-6-4-3-5-7-18;1-5(2,3)8-4(6)7/h3-7,16-17H,8-15H2,1-2H3,(H,25,29,30);1-3H3,(H2,6,7). The van der Waals surface area contributed by atoms with E-state index >= 15 is 0 Å². The van der Waals surface area contributed by atoms with Gasteiger partial charge in [-0.1, -0.05) is 30.3 Å². The van der Waals surface area contributed by atoms with E-state index in [2.05, 4.69) is 10.1 Å². The monoisotopic (exact) mass is 619 g/mol. The zero-order valence-corrected chi connectivity index (χ0v) is 25.7. The number of nitrogens with one attached hydrogen (secondary N) is 1. The van der Waals surface area contributed by atoms with Gasteiger partial charge >= 0.3 is 18.0 Å². The van der Waals surface area contributed by atoms with Gasteiger partial charge in [0.1, 0.15) is 12.2 Å². The molecule has 0 spiro atoms. The number of hydrogen-bond acceptors (Lipinski definition) is 12. The third-order valence-corrected chi connectivity index (χ3v) is 6.64. The summed E-state index contributed by atoms with van der Waals surface area (Å²) in [5.74, 6) is -3.15. The lowest BCUT2D eigenvalue weighted by molar-refractivity contribution is -0.166. The fourth-order valence-electron chi connectivity index (χ4n) is 4.23. The first-order valence-corrected chi connectivity index (χ1v) is 14.0. The molecule has 0 saturated carbocycles. The molecular weight excluding hydrogens is 578 g/mol. The molecule has 44 heavy (non-hydrogen) atoms. The van der Waals surface area contributed by atoms with Crippen molar-refractivity contribution < 1.29 is 47.8 Å². The number of carbonyl (C=O) groups is 7. The van der Waals surface area contributed by atoms with E-state index in [1.54, 1.807) is 30.6 Å². The normalized spacial score (nSPS) is 17.5. The molecule has 1 aromatic rings. The zero-order chi connectivity index (χ0) is 33.0. The number of piperazine rings is 2. The van der Waals surface area contributed by atoms with E-state index in [1.807, 2.05) is 44.2 Å². The van der Waals surface area contributed by atoms with Crippen LogP contribution in [0.3, 0.4) is 0 Å². The summed E-state index contributed by atoms with van der Waals surface area (Å²) >= 11 is 0. The van der Waals surface area contributed by atoms with E-state index < -0.39 is 54.0 Å². The molecule has 15 nitrogen and oxygen atoms in total. The quantitative estimate of drug-likeness (QED) is 0.207. The van der Waals surface area contributed by atoms with Gasteiger partial charge in [-0.2, -0.15) is 0 Å².